The fourth-order valence-corrected chi connectivity index (χ4v) is 5.55. The number of aromatic hydroxyl groups is 1. The second-order valence-corrected chi connectivity index (χ2v) is 11.9. The van der Waals surface area contributed by atoms with Crippen molar-refractivity contribution in [1.29, 1.82) is 0 Å². The van der Waals surface area contributed by atoms with Crippen LogP contribution in [0.15, 0.2) is 72.8 Å². The largest absolute Gasteiger partial charge is 0.508 e. The Morgan fingerprint density at radius 1 is 0.721 bits per heavy atom. The molecule has 3 rings (SSSR count). The Hall–Kier alpha value is -3.60. The standard InChI is InChI=1S/C38H52N2O3/c1-2-3-4-5-6-7-8-9-10-11-15-18-37(42)36(28-22-30-16-13-12-14-17-30)40-38(43)33-24-27-35(39)32(29-33)23-19-31-20-25-34(41)26-21-31/h12-14,16-17,20-21,24-27,29,36,41H,2-11,15,18-19,22-23,28,39H2,1H3,(H,40,43)/t36-/m0/s1. The highest BCUT2D eigenvalue weighted by Gasteiger charge is 2.21. The molecule has 0 fully saturated rings. The van der Waals surface area contributed by atoms with Crippen molar-refractivity contribution in [1.82, 2.24) is 5.32 Å². The number of nitrogen functional groups attached to an aromatic ring is 1. The van der Waals surface area contributed by atoms with Gasteiger partial charge in [0, 0.05) is 17.7 Å². The SMILES string of the molecule is CCCCCCCCCCCCCC(=O)[C@H](CCc1ccccc1)NC(=O)c1ccc(N)c(CCc2ccc(O)cc2)c1. The number of nitrogens with one attached hydrogen (secondary N) is 1. The number of carbonyl (C=O) groups excluding carboxylic acids is 2. The average molecular weight is 585 g/mol. The third-order valence-corrected chi connectivity index (χ3v) is 8.31. The molecule has 232 valence electrons. The normalized spacial score (nSPS) is 11.7. The average Bonchev–Trinajstić information content (AvgIpc) is 3.02. The zero-order chi connectivity index (χ0) is 30.7. The molecule has 3 aromatic carbocycles. The van der Waals surface area contributed by atoms with Gasteiger partial charge < -0.3 is 16.2 Å². The third kappa shape index (κ3) is 13.1. The highest BCUT2D eigenvalue weighted by Crippen LogP contribution is 2.19. The zero-order valence-corrected chi connectivity index (χ0v) is 26.2. The molecule has 0 aromatic heterocycles. The van der Waals surface area contributed by atoms with E-state index in [4.69, 9.17) is 5.73 Å². The van der Waals surface area contributed by atoms with Gasteiger partial charge in [0.25, 0.3) is 5.91 Å². The number of ketones is 1. The minimum atomic E-state index is -0.520. The maximum absolute atomic E-state index is 13.4. The van der Waals surface area contributed by atoms with Crippen LogP contribution >= 0.6 is 0 Å². The molecule has 0 unspecified atom stereocenters. The molecule has 1 amide bonds. The fourth-order valence-electron chi connectivity index (χ4n) is 5.55. The summed E-state index contributed by atoms with van der Waals surface area (Å²) < 4.78 is 0. The summed E-state index contributed by atoms with van der Waals surface area (Å²) in [5.74, 6) is 0.112. The Balaban J connectivity index is 1.52. The van der Waals surface area contributed by atoms with Gasteiger partial charge in [-0.1, -0.05) is 114 Å². The van der Waals surface area contributed by atoms with Crippen molar-refractivity contribution in [3.8, 4) is 5.75 Å². The van der Waals surface area contributed by atoms with Crippen LogP contribution in [0.5, 0.6) is 5.75 Å². The van der Waals surface area contributed by atoms with Crippen molar-refractivity contribution < 1.29 is 14.7 Å². The van der Waals surface area contributed by atoms with Crippen LogP contribution < -0.4 is 11.1 Å². The molecule has 0 aliphatic rings. The lowest BCUT2D eigenvalue weighted by atomic mass is 9.97. The van der Waals surface area contributed by atoms with Crippen molar-refractivity contribution in [2.24, 2.45) is 0 Å². The highest BCUT2D eigenvalue weighted by atomic mass is 16.3. The lowest BCUT2D eigenvalue weighted by Gasteiger charge is -2.19. The van der Waals surface area contributed by atoms with Crippen LogP contribution in [0.25, 0.3) is 0 Å². The van der Waals surface area contributed by atoms with Gasteiger partial charge in [0.15, 0.2) is 5.78 Å². The van der Waals surface area contributed by atoms with Gasteiger partial charge in [-0.15, -0.1) is 0 Å². The molecule has 0 saturated carbocycles. The molecule has 0 radical (unpaired) electrons. The molecule has 0 aliphatic carbocycles. The number of hydrogen-bond donors (Lipinski definition) is 3. The van der Waals surface area contributed by atoms with Crippen LogP contribution in [0.4, 0.5) is 5.69 Å². The Labute approximate surface area is 259 Å². The number of carbonyl (C=O) groups is 2. The van der Waals surface area contributed by atoms with Crippen LogP contribution in [-0.2, 0) is 24.1 Å². The molecule has 0 saturated heterocycles. The second-order valence-electron chi connectivity index (χ2n) is 11.9. The van der Waals surface area contributed by atoms with E-state index in [9.17, 15) is 14.7 Å². The fraction of sp³-hybridized carbons (Fsp3) is 0.474. The molecule has 0 heterocycles. The number of Topliss-reactive ketones (excluding diaryl/α,β-unsaturated/α-hetero) is 1. The first-order valence-corrected chi connectivity index (χ1v) is 16.5. The zero-order valence-electron chi connectivity index (χ0n) is 26.2. The predicted octanol–water partition coefficient (Wildman–Crippen LogP) is 8.76. The predicted molar refractivity (Wildman–Crippen MR) is 178 cm³/mol. The van der Waals surface area contributed by atoms with E-state index in [1.54, 1.807) is 24.3 Å². The van der Waals surface area contributed by atoms with E-state index in [-0.39, 0.29) is 17.4 Å². The van der Waals surface area contributed by atoms with Crippen LogP contribution in [-0.4, -0.2) is 22.8 Å². The maximum Gasteiger partial charge on any atom is 0.251 e. The Morgan fingerprint density at radius 3 is 1.98 bits per heavy atom. The summed E-state index contributed by atoms with van der Waals surface area (Å²) in [4.78, 5) is 26.7. The smallest absolute Gasteiger partial charge is 0.251 e. The second kappa shape index (κ2) is 19.6. The van der Waals surface area contributed by atoms with Gasteiger partial charge in [0.2, 0.25) is 0 Å². The number of aryl methyl sites for hydroxylation is 3. The first kappa shape index (κ1) is 33.9. The molecule has 1 atom stereocenters. The van der Waals surface area contributed by atoms with Gasteiger partial charge in [-0.3, -0.25) is 9.59 Å². The van der Waals surface area contributed by atoms with Gasteiger partial charge in [-0.25, -0.2) is 0 Å². The summed E-state index contributed by atoms with van der Waals surface area (Å²) in [5.41, 5.74) is 10.5. The summed E-state index contributed by atoms with van der Waals surface area (Å²) in [6.07, 6.45) is 16.9. The molecule has 0 bridgehead atoms. The minimum Gasteiger partial charge on any atom is -0.508 e. The van der Waals surface area contributed by atoms with Gasteiger partial charge in [0.05, 0.1) is 6.04 Å². The lowest BCUT2D eigenvalue weighted by Crippen LogP contribution is -2.41. The van der Waals surface area contributed by atoms with E-state index in [1.807, 2.05) is 36.4 Å². The molecule has 0 aliphatic heterocycles. The van der Waals surface area contributed by atoms with E-state index in [0.717, 1.165) is 42.4 Å². The molecular weight excluding hydrogens is 532 g/mol. The van der Waals surface area contributed by atoms with E-state index < -0.39 is 6.04 Å². The van der Waals surface area contributed by atoms with Crippen LogP contribution in [0, 0.1) is 0 Å². The molecule has 5 heteroatoms. The summed E-state index contributed by atoms with van der Waals surface area (Å²) in [6.45, 7) is 2.25. The highest BCUT2D eigenvalue weighted by molar-refractivity contribution is 5.98. The van der Waals surface area contributed by atoms with Gasteiger partial charge >= 0.3 is 0 Å². The number of anilines is 1. The van der Waals surface area contributed by atoms with E-state index >= 15 is 0 Å². The number of unbranched alkanes of at least 4 members (excludes halogenated alkanes) is 10. The van der Waals surface area contributed by atoms with Gasteiger partial charge in [-0.2, -0.15) is 0 Å². The quantitative estimate of drug-likeness (QED) is 0.0862. The Bertz CT molecular complexity index is 1220. The van der Waals surface area contributed by atoms with Crippen molar-refractivity contribution in [2.75, 3.05) is 5.73 Å². The monoisotopic (exact) mass is 584 g/mol. The Kier molecular flexibility index (Phi) is 15.4. The summed E-state index contributed by atoms with van der Waals surface area (Å²) in [7, 11) is 0. The topological polar surface area (TPSA) is 92.4 Å². The number of amides is 1. The van der Waals surface area contributed by atoms with E-state index in [2.05, 4.69) is 24.4 Å². The third-order valence-electron chi connectivity index (χ3n) is 8.31. The summed E-state index contributed by atoms with van der Waals surface area (Å²) >= 11 is 0. The number of phenols is 1. The van der Waals surface area contributed by atoms with E-state index in [0.29, 0.717) is 30.5 Å². The van der Waals surface area contributed by atoms with Crippen molar-refractivity contribution in [3.05, 3.63) is 95.1 Å². The first-order valence-electron chi connectivity index (χ1n) is 16.5. The lowest BCUT2D eigenvalue weighted by molar-refractivity contribution is -0.121. The number of benzene rings is 3. The molecule has 0 spiro atoms. The van der Waals surface area contributed by atoms with Crippen molar-refractivity contribution in [2.45, 2.75) is 116 Å². The van der Waals surface area contributed by atoms with Gasteiger partial charge in [0.1, 0.15) is 5.75 Å². The van der Waals surface area contributed by atoms with Crippen molar-refractivity contribution >= 4 is 17.4 Å². The molecule has 4 N–H and O–H groups in total. The summed E-state index contributed by atoms with van der Waals surface area (Å²) in [6, 6.07) is 22.1. The van der Waals surface area contributed by atoms with Crippen molar-refractivity contribution in [3.63, 3.8) is 0 Å². The number of hydrogen-bond acceptors (Lipinski definition) is 4. The minimum absolute atomic E-state index is 0.114. The first-order chi connectivity index (χ1) is 21.0. The molecule has 5 nitrogen and oxygen atoms in total. The number of nitrogens with two attached hydrogens (primary N) is 1. The van der Waals surface area contributed by atoms with Crippen LogP contribution in [0.1, 0.15) is 117 Å². The molecular formula is C38H52N2O3. The number of rotatable bonds is 21. The summed E-state index contributed by atoms with van der Waals surface area (Å²) in [5, 5.41) is 12.6. The van der Waals surface area contributed by atoms with Crippen LogP contribution in [0.2, 0.25) is 0 Å². The van der Waals surface area contributed by atoms with E-state index in [1.165, 1.54) is 57.8 Å². The van der Waals surface area contributed by atoms with Gasteiger partial charge in [-0.05, 0) is 79.1 Å². The molecule has 43 heavy (non-hydrogen) atoms. The number of phenolic OH excluding ortho intramolecular Hbond substituents is 1. The van der Waals surface area contributed by atoms with Crippen LogP contribution in [0.3, 0.4) is 0 Å². The Morgan fingerprint density at radius 2 is 1.33 bits per heavy atom. The maximum atomic E-state index is 13.4. The molecule has 3 aromatic rings.